The molecule has 5 heterocycles. The average Bonchev–Trinajstić information content (AvgIpc) is 3.26. The summed E-state index contributed by atoms with van der Waals surface area (Å²) in [6, 6.07) is 5.83. The van der Waals surface area contributed by atoms with Gasteiger partial charge in [0.2, 0.25) is 0 Å². The lowest BCUT2D eigenvalue weighted by atomic mass is 10.0. The summed E-state index contributed by atoms with van der Waals surface area (Å²) in [4.78, 5) is 21.4. The lowest BCUT2D eigenvalue weighted by Gasteiger charge is -2.12. The van der Waals surface area contributed by atoms with Crippen LogP contribution in [0.25, 0.3) is 16.8 Å². The van der Waals surface area contributed by atoms with Gasteiger partial charge in [0.25, 0.3) is 5.91 Å². The van der Waals surface area contributed by atoms with Crippen LogP contribution in [-0.2, 0) is 22.7 Å². The molecule has 0 spiro atoms. The number of hydrogen-bond acceptors (Lipinski definition) is 6. The van der Waals surface area contributed by atoms with E-state index in [1.54, 1.807) is 18.6 Å². The first-order chi connectivity index (χ1) is 14.1. The van der Waals surface area contributed by atoms with Gasteiger partial charge in [-0.25, -0.2) is 0 Å². The number of pyridine rings is 2. The fourth-order valence-electron chi connectivity index (χ4n) is 3.73. The molecule has 0 bridgehead atoms. The normalized spacial score (nSPS) is 16.8. The highest BCUT2D eigenvalue weighted by Gasteiger charge is 2.28. The van der Waals surface area contributed by atoms with Gasteiger partial charge in [-0.05, 0) is 31.5 Å². The van der Waals surface area contributed by atoms with Gasteiger partial charge in [0.05, 0.1) is 48.6 Å². The first kappa shape index (κ1) is 17.6. The van der Waals surface area contributed by atoms with Crippen molar-refractivity contribution in [2.75, 3.05) is 17.2 Å². The second-order valence-electron chi connectivity index (χ2n) is 7.18. The van der Waals surface area contributed by atoms with E-state index in [2.05, 4.69) is 25.7 Å². The number of fused-ring (bicyclic) bond motifs is 2. The zero-order chi connectivity index (χ0) is 20.0. The number of aromatic nitrogens is 4. The molecular weight excluding hydrogens is 368 g/mol. The van der Waals surface area contributed by atoms with Crippen LogP contribution in [0.2, 0.25) is 0 Å². The van der Waals surface area contributed by atoms with Crippen molar-refractivity contribution in [3.63, 3.8) is 0 Å². The molecule has 3 aromatic heterocycles. The molecule has 1 amide bonds. The molecule has 0 radical (unpaired) electrons. The molecule has 2 aliphatic heterocycles. The summed E-state index contributed by atoms with van der Waals surface area (Å²) in [6.07, 6.45) is 5.24. The molecule has 0 unspecified atom stereocenters. The van der Waals surface area contributed by atoms with Crippen LogP contribution >= 0.6 is 0 Å². The molecule has 0 saturated carbocycles. The molecule has 2 aliphatic rings. The van der Waals surface area contributed by atoms with Crippen molar-refractivity contribution >= 4 is 23.0 Å². The number of allylic oxidation sites excluding steroid dienone is 1. The Kier molecular flexibility index (Phi) is 4.13. The van der Waals surface area contributed by atoms with E-state index in [9.17, 15) is 4.79 Å². The summed E-state index contributed by atoms with van der Waals surface area (Å²) in [6.45, 7) is 5.84. The van der Waals surface area contributed by atoms with Gasteiger partial charge in [-0.3, -0.25) is 19.4 Å². The summed E-state index contributed by atoms with van der Waals surface area (Å²) >= 11 is 0. The SMILES string of the molecule is C/C(Nc1cc2n(n1)CCOC2)=C1/C(=O)Nc2cnc(-c3cnccc3C)cc21. The molecular formula is C21H20N6O2. The number of hydrogen-bond donors (Lipinski definition) is 2. The van der Waals surface area contributed by atoms with E-state index >= 15 is 0 Å². The number of rotatable bonds is 3. The first-order valence-corrected chi connectivity index (χ1v) is 9.45. The van der Waals surface area contributed by atoms with Crippen molar-refractivity contribution in [3.8, 4) is 11.3 Å². The zero-order valence-corrected chi connectivity index (χ0v) is 16.2. The third-order valence-corrected chi connectivity index (χ3v) is 5.21. The van der Waals surface area contributed by atoms with Gasteiger partial charge < -0.3 is 15.4 Å². The van der Waals surface area contributed by atoms with Crippen LogP contribution in [0.15, 0.2) is 42.5 Å². The van der Waals surface area contributed by atoms with Crippen molar-refractivity contribution < 1.29 is 9.53 Å². The third-order valence-electron chi connectivity index (χ3n) is 5.21. The highest BCUT2D eigenvalue weighted by molar-refractivity contribution is 6.32. The van der Waals surface area contributed by atoms with Crippen molar-refractivity contribution in [2.24, 2.45) is 0 Å². The quantitative estimate of drug-likeness (QED) is 0.670. The number of carbonyl (C=O) groups excluding carboxylic acids is 1. The monoisotopic (exact) mass is 388 g/mol. The molecule has 8 nitrogen and oxygen atoms in total. The van der Waals surface area contributed by atoms with Gasteiger partial charge in [-0.1, -0.05) is 0 Å². The summed E-state index contributed by atoms with van der Waals surface area (Å²) in [5, 5.41) is 10.7. The average molecular weight is 388 g/mol. The Labute approximate surface area is 167 Å². The Morgan fingerprint density at radius 2 is 2.17 bits per heavy atom. The van der Waals surface area contributed by atoms with E-state index in [4.69, 9.17) is 4.74 Å². The molecule has 146 valence electrons. The predicted molar refractivity (Wildman–Crippen MR) is 109 cm³/mol. The van der Waals surface area contributed by atoms with Gasteiger partial charge in [-0.15, -0.1) is 0 Å². The molecule has 0 aromatic carbocycles. The van der Waals surface area contributed by atoms with E-state index in [1.807, 2.05) is 36.7 Å². The van der Waals surface area contributed by atoms with Crippen LogP contribution in [0, 0.1) is 6.92 Å². The summed E-state index contributed by atoms with van der Waals surface area (Å²) in [5.74, 6) is 0.549. The highest BCUT2D eigenvalue weighted by Crippen LogP contribution is 2.36. The lowest BCUT2D eigenvalue weighted by molar-refractivity contribution is -0.110. The van der Waals surface area contributed by atoms with E-state index in [0.717, 1.165) is 40.3 Å². The maximum atomic E-state index is 12.7. The first-order valence-electron chi connectivity index (χ1n) is 9.45. The number of carbonyl (C=O) groups is 1. The Balaban J connectivity index is 1.53. The van der Waals surface area contributed by atoms with E-state index in [1.165, 1.54) is 0 Å². The van der Waals surface area contributed by atoms with E-state index in [0.29, 0.717) is 30.3 Å². The van der Waals surface area contributed by atoms with Crippen LogP contribution in [0.3, 0.4) is 0 Å². The molecule has 0 atom stereocenters. The largest absolute Gasteiger partial charge is 0.373 e. The van der Waals surface area contributed by atoms with Gasteiger partial charge in [0.15, 0.2) is 5.82 Å². The summed E-state index contributed by atoms with van der Waals surface area (Å²) in [7, 11) is 0. The number of ether oxygens (including phenoxy) is 1. The highest BCUT2D eigenvalue weighted by atomic mass is 16.5. The second-order valence-corrected chi connectivity index (χ2v) is 7.18. The number of amides is 1. The minimum atomic E-state index is -0.154. The van der Waals surface area contributed by atoms with Crippen LogP contribution in [0.5, 0.6) is 0 Å². The van der Waals surface area contributed by atoms with Crippen LogP contribution < -0.4 is 10.6 Å². The van der Waals surface area contributed by atoms with Crippen molar-refractivity contribution in [2.45, 2.75) is 27.0 Å². The number of aryl methyl sites for hydroxylation is 1. The van der Waals surface area contributed by atoms with Crippen molar-refractivity contribution in [3.05, 3.63) is 59.3 Å². The molecule has 5 rings (SSSR count). The fourth-order valence-corrected chi connectivity index (χ4v) is 3.73. The Hall–Kier alpha value is -3.52. The maximum absolute atomic E-state index is 12.7. The molecule has 3 aromatic rings. The second kappa shape index (κ2) is 6.82. The van der Waals surface area contributed by atoms with Crippen LogP contribution in [0.4, 0.5) is 11.5 Å². The van der Waals surface area contributed by atoms with Crippen molar-refractivity contribution in [1.82, 2.24) is 19.7 Å². The molecule has 8 heteroatoms. The molecule has 0 saturated heterocycles. The van der Waals surface area contributed by atoms with Crippen LogP contribution in [0.1, 0.15) is 23.7 Å². The Morgan fingerprint density at radius 1 is 1.28 bits per heavy atom. The number of nitrogens with zero attached hydrogens (tertiary/aromatic N) is 4. The topological polar surface area (TPSA) is 94.0 Å². The number of nitrogens with one attached hydrogen (secondary N) is 2. The predicted octanol–water partition coefficient (Wildman–Crippen LogP) is 2.97. The van der Waals surface area contributed by atoms with Crippen molar-refractivity contribution in [1.29, 1.82) is 0 Å². The fraction of sp³-hybridized carbons (Fsp3) is 0.238. The summed E-state index contributed by atoms with van der Waals surface area (Å²) < 4.78 is 7.40. The lowest BCUT2D eigenvalue weighted by Crippen LogP contribution is -2.17. The molecule has 0 fully saturated rings. The van der Waals surface area contributed by atoms with Gasteiger partial charge in [0, 0.05) is 35.3 Å². The maximum Gasteiger partial charge on any atom is 0.258 e. The van der Waals surface area contributed by atoms with E-state index in [-0.39, 0.29) is 5.91 Å². The molecule has 0 aliphatic carbocycles. The van der Waals surface area contributed by atoms with E-state index < -0.39 is 0 Å². The zero-order valence-electron chi connectivity index (χ0n) is 16.2. The minimum Gasteiger partial charge on any atom is -0.373 e. The Bertz CT molecular complexity index is 1140. The van der Waals surface area contributed by atoms with Gasteiger partial charge in [-0.2, -0.15) is 5.10 Å². The third kappa shape index (κ3) is 3.07. The van der Waals surface area contributed by atoms with Gasteiger partial charge in [0.1, 0.15) is 0 Å². The molecule has 2 N–H and O–H groups in total. The smallest absolute Gasteiger partial charge is 0.258 e. The summed E-state index contributed by atoms with van der Waals surface area (Å²) in [5.41, 5.74) is 6.68. The Morgan fingerprint density at radius 3 is 3.00 bits per heavy atom. The minimum absolute atomic E-state index is 0.154. The standard InChI is InChI=1S/C21H20N6O2/c1-12-3-4-22-9-16(12)17-8-15-18(10-23-17)25-21(28)20(15)13(2)24-19-7-14-11-29-6-5-27(14)26-19/h3-4,7-10H,5-6,11H2,1-2H3,(H,24,26)(H,25,28)/b20-13-. The molecule has 29 heavy (non-hydrogen) atoms. The van der Waals surface area contributed by atoms with Crippen LogP contribution in [-0.4, -0.2) is 32.3 Å². The van der Waals surface area contributed by atoms with Gasteiger partial charge >= 0.3 is 0 Å². The number of anilines is 2.